The summed E-state index contributed by atoms with van der Waals surface area (Å²) >= 11 is 12.2. The molecule has 132 valence electrons. The predicted molar refractivity (Wildman–Crippen MR) is 105 cm³/mol. The molecule has 0 fully saturated rings. The van der Waals surface area contributed by atoms with Crippen molar-refractivity contribution in [2.75, 3.05) is 10.6 Å². The first-order chi connectivity index (χ1) is 12.5. The van der Waals surface area contributed by atoms with Crippen LogP contribution in [0.15, 0.2) is 54.7 Å². The van der Waals surface area contributed by atoms with Crippen LogP contribution in [0, 0.1) is 6.92 Å². The maximum absolute atomic E-state index is 12.4. The molecule has 0 unspecified atom stereocenters. The Labute approximate surface area is 161 Å². The van der Waals surface area contributed by atoms with Crippen molar-refractivity contribution >= 4 is 40.7 Å². The fraction of sp³-hybridized carbons (Fsp3) is 0.105. The summed E-state index contributed by atoms with van der Waals surface area (Å²) in [4.78, 5) is 20.8. The van der Waals surface area contributed by atoms with Gasteiger partial charge in [0.05, 0.1) is 15.7 Å². The van der Waals surface area contributed by atoms with Gasteiger partial charge in [-0.25, -0.2) is 9.97 Å². The smallest absolute Gasteiger partial charge is 0.274 e. The van der Waals surface area contributed by atoms with E-state index in [1.54, 1.807) is 18.2 Å². The standard InChI is InChI=1S/C19H16Cl2N4O/c1-12-5-7-13(8-6-12)11-23-19-22-10-9-16(24-19)18(26)25-17-14(20)3-2-4-15(17)21/h2-10H,11H2,1H3,(H,25,26)(H,22,23,24). The summed E-state index contributed by atoms with van der Waals surface area (Å²) in [6.07, 6.45) is 1.52. The molecule has 1 amide bonds. The summed E-state index contributed by atoms with van der Waals surface area (Å²) in [7, 11) is 0. The largest absolute Gasteiger partial charge is 0.350 e. The van der Waals surface area contributed by atoms with Crippen molar-refractivity contribution in [1.82, 2.24) is 9.97 Å². The molecule has 3 aromatic rings. The maximum Gasteiger partial charge on any atom is 0.274 e. The van der Waals surface area contributed by atoms with Crippen LogP contribution in [0.25, 0.3) is 0 Å². The predicted octanol–water partition coefficient (Wildman–Crippen LogP) is 4.96. The SMILES string of the molecule is Cc1ccc(CNc2nccc(C(=O)Nc3c(Cl)cccc3Cl)n2)cc1. The highest BCUT2D eigenvalue weighted by Crippen LogP contribution is 2.30. The van der Waals surface area contributed by atoms with Gasteiger partial charge in [0, 0.05) is 12.7 Å². The minimum Gasteiger partial charge on any atom is -0.350 e. The Kier molecular flexibility index (Phi) is 5.71. The van der Waals surface area contributed by atoms with Gasteiger partial charge in [-0.3, -0.25) is 4.79 Å². The molecule has 1 aromatic heterocycles. The topological polar surface area (TPSA) is 66.9 Å². The molecule has 3 rings (SSSR count). The zero-order valence-electron chi connectivity index (χ0n) is 14.0. The molecule has 0 radical (unpaired) electrons. The van der Waals surface area contributed by atoms with E-state index in [2.05, 4.69) is 20.6 Å². The molecule has 0 aliphatic rings. The fourth-order valence-corrected chi connectivity index (χ4v) is 2.74. The number of halogens is 2. The summed E-state index contributed by atoms with van der Waals surface area (Å²) in [6, 6.07) is 14.7. The van der Waals surface area contributed by atoms with Crippen molar-refractivity contribution in [3.63, 3.8) is 0 Å². The molecule has 0 aliphatic heterocycles. The molecule has 0 spiro atoms. The van der Waals surface area contributed by atoms with E-state index in [9.17, 15) is 4.79 Å². The van der Waals surface area contributed by atoms with Crippen molar-refractivity contribution in [2.24, 2.45) is 0 Å². The van der Waals surface area contributed by atoms with Crippen molar-refractivity contribution in [1.29, 1.82) is 0 Å². The fourth-order valence-electron chi connectivity index (χ4n) is 2.25. The van der Waals surface area contributed by atoms with Gasteiger partial charge in [-0.2, -0.15) is 0 Å². The van der Waals surface area contributed by atoms with E-state index in [0.717, 1.165) is 5.56 Å². The number of aromatic nitrogens is 2. The second-order valence-electron chi connectivity index (χ2n) is 5.66. The number of carbonyl (C=O) groups excluding carboxylic acids is 1. The van der Waals surface area contributed by atoms with Crippen LogP contribution in [0.5, 0.6) is 0 Å². The van der Waals surface area contributed by atoms with Gasteiger partial charge in [0.25, 0.3) is 5.91 Å². The van der Waals surface area contributed by atoms with Crippen LogP contribution in [0.4, 0.5) is 11.6 Å². The molecule has 26 heavy (non-hydrogen) atoms. The molecule has 0 atom stereocenters. The van der Waals surface area contributed by atoms with Gasteiger partial charge in [-0.1, -0.05) is 59.1 Å². The number of aryl methyl sites for hydroxylation is 1. The van der Waals surface area contributed by atoms with E-state index in [-0.39, 0.29) is 5.69 Å². The first-order valence-electron chi connectivity index (χ1n) is 7.91. The van der Waals surface area contributed by atoms with E-state index < -0.39 is 5.91 Å². The quantitative estimate of drug-likeness (QED) is 0.650. The van der Waals surface area contributed by atoms with Gasteiger partial charge in [0.1, 0.15) is 5.69 Å². The lowest BCUT2D eigenvalue weighted by Gasteiger charge is -2.10. The Morgan fingerprint density at radius 1 is 1.04 bits per heavy atom. The van der Waals surface area contributed by atoms with Gasteiger partial charge in [0.15, 0.2) is 0 Å². The number of rotatable bonds is 5. The second kappa shape index (κ2) is 8.17. The Hall–Kier alpha value is -2.63. The highest BCUT2D eigenvalue weighted by atomic mass is 35.5. The van der Waals surface area contributed by atoms with Crippen molar-refractivity contribution < 1.29 is 4.79 Å². The Bertz CT molecular complexity index is 909. The molecule has 2 N–H and O–H groups in total. The van der Waals surface area contributed by atoms with Gasteiger partial charge < -0.3 is 10.6 Å². The van der Waals surface area contributed by atoms with Crippen LogP contribution < -0.4 is 10.6 Å². The van der Waals surface area contributed by atoms with Crippen LogP contribution in [0.2, 0.25) is 10.0 Å². The molecular weight excluding hydrogens is 371 g/mol. The first-order valence-corrected chi connectivity index (χ1v) is 8.66. The number of nitrogens with one attached hydrogen (secondary N) is 2. The average molecular weight is 387 g/mol. The van der Waals surface area contributed by atoms with Gasteiger partial charge >= 0.3 is 0 Å². The third kappa shape index (κ3) is 4.50. The molecule has 0 saturated carbocycles. The van der Waals surface area contributed by atoms with E-state index in [1.165, 1.54) is 17.8 Å². The highest BCUT2D eigenvalue weighted by molar-refractivity contribution is 6.40. The lowest BCUT2D eigenvalue weighted by Crippen LogP contribution is -2.16. The summed E-state index contributed by atoms with van der Waals surface area (Å²) in [5, 5.41) is 6.51. The molecule has 2 aromatic carbocycles. The molecule has 5 nitrogen and oxygen atoms in total. The monoisotopic (exact) mass is 386 g/mol. The van der Waals surface area contributed by atoms with Gasteiger partial charge in [-0.15, -0.1) is 0 Å². The zero-order chi connectivity index (χ0) is 18.5. The number of nitrogens with zero attached hydrogens (tertiary/aromatic N) is 2. The summed E-state index contributed by atoms with van der Waals surface area (Å²) in [5.41, 5.74) is 2.86. The Balaban J connectivity index is 1.70. The number of amides is 1. The molecular formula is C19H16Cl2N4O. The number of hydrogen-bond acceptors (Lipinski definition) is 4. The average Bonchev–Trinajstić information content (AvgIpc) is 2.64. The Morgan fingerprint density at radius 2 is 1.73 bits per heavy atom. The number of anilines is 2. The number of benzene rings is 2. The van der Waals surface area contributed by atoms with E-state index in [0.29, 0.717) is 28.2 Å². The minimum atomic E-state index is -0.416. The van der Waals surface area contributed by atoms with Crippen LogP contribution in [-0.4, -0.2) is 15.9 Å². The van der Waals surface area contributed by atoms with Gasteiger partial charge in [0.2, 0.25) is 5.95 Å². The summed E-state index contributed by atoms with van der Waals surface area (Å²) in [5.74, 6) is -0.0516. The summed E-state index contributed by atoms with van der Waals surface area (Å²) < 4.78 is 0. The lowest BCUT2D eigenvalue weighted by atomic mass is 10.1. The zero-order valence-corrected chi connectivity index (χ0v) is 15.5. The third-order valence-corrected chi connectivity index (χ3v) is 4.29. The van der Waals surface area contributed by atoms with Crippen molar-refractivity contribution in [2.45, 2.75) is 13.5 Å². The third-order valence-electron chi connectivity index (χ3n) is 3.66. The summed E-state index contributed by atoms with van der Waals surface area (Å²) in [6.45, 7) is 2.59. The van der Waals surface area contributed by atoms with E-state index in [1.807, 2.05) is 31.2 Å². The Morgan fingerprint density at radius 3 is 2.42 bits per heavy atom. The van der Waals surface area contributed by atoms with Crippen LogP contribution in [-0.2, 0) is 6.54 Å². The lowest BCUT2D eigenvalue weighted by molar-refractivity contribution is 0.102. The van der Waals surface area contributed by atoms with Crippen LogP contribution in [0.3, 0.4) is 0 Å². The first kappa shape index (κ1) is 18.2. The number of para-hydroxylation sites is 1. The van der Waals surface area contributed by atoms with Crippen LogP contribution >= 0.6 is 23.2 Å². The van der Waals surface area contributed by atoms with E-state index >= 15 is 0 Å². The highest BCUT2D eigenvalue weighted by Gasteiger charge is 2.13. The van der Waals surface area contributed by atoms with E-state index in [4.69, 9.17) is 23.2 Å². The minimum absolute atomic E-state index is 0.211. The van der Waals surface area contributed by atoms with Gasteiger partial charge in [-0.05, 0) is 30.7 Å². The van der Waals surface area contributed by atoms with Crippen molar-refractivity contribution in [3.8, 4) is 0 Å². The van der Waals surface area contributed by atoms with Crippen LogP contribution in [0.1, 0.15) is 21.6 Å². The number of hydrogen-bond donors (Lipinski definition) is 2. The normalized spacial score (nSPS) is 10.4. The second-order valence-corrected chi connectivity index (χ2v) is 6.47. The molecule has 0 aliphatic carbocycles. The van der Waals surface area contributed by atoms with Crippen molar-refractivity contribution in [3.05, 3.63) is 81.6 Å². The molecule has 0 saturated heterocycles. The molecule has 7 heteroatoms. The molecule has 0 bridgehead atoms. The maximum atomic E-state index is 12.4. The number of carbonyl (C=O) groups is 1. The molecule has 1 heterocycles.